The van der Waals surface area contributed by atoms with Crippen molar-refractivity contribution in [1.29, 1.82) is 0 Å². The predicted molar refractivity (Wildman–Crippen MR) is 127 cm³/mol. The van der Waals surface area contributed by atoms with E-state index in [2.05, 4.69) is 4.98 Å². The Hall–Kier alpha value is -4.03. The number of carbonyl (C=O) groups excluding carboxylic acids is 1. The molecule has 5 nitrogen and oxygen atoms in total. The van der Waals surface area contributed by atoms with Gasteiger partial charge in [-0.15, -0.1) is 11.3 Å². The Balaban J connectivity index is 1.46. The second kappa shape index (κ2) is 8.24. The number of ether oxygens (including phenoxy) is 1. The van der Waals surface area contributed by atoms with Gasteiger partial charge in [-0.25, -0.2) is 9.78 Å². The van der Waals surface area contributed by atoms with Crippen LogP contribution in [-0.4, -0.2) is 11.0 Å². The van der Waals surface area contributed by atoms with E-state index in [1.165, 1.54) is 17.4 Å². The van der Waals surface area contributed by atoms with E-state index in [4.69, 9.17) is 9.15 Å². The van der Waals surface area contributed by atoms with Crippen LogP contribution < -0.4 is 10.2 Å². The van der Waals surface area contributed by atoms with Gasteiger partial charge in [-0.05, 0) is 42.8 Å². The number of para-hydroxylation sites is 1. The fourth-order valence-corrected chi connectivity index (χ4v) is 4.51. The molecule has 0 fully saturated rings. The lowest BCUT2D eigenvalue weighted by Crippen LogP contribution is -2.08. The highest BCUT2D eigenvalue weighted by Gasteiger charge is 2.18. The third-order valence-corrected chi connectivity index (χ3v) is 6.03. The zero-order valence-corrected chi connectivity index (χ0v) is 17.9. The second-order valence-corrected chi connectivity index (χ2v) is 8.20. The number of aromatic nitrogens is 1. The van der Waals surface area contributed by atoms with Crippen LogP contribution in [0.25, 0.3) is 37.8 Å². The summed E-state index contributed by atoms with van der Waals surface area (Å²) in [5.41, 5.74) is 2.39. The maximum absolute atomic E-state index is 13.2. The molecule has 0 atom stereocenters. The molecule has 32 heavy (non-hydrogen) atoms. The highest BCUT2D eigenvalue weighted by atomic mass is 32.1. The first-order valence-corrected chi connectivity index (χ1v) is 10.8. The molecule has 0 unspecified atom stereocenters. The van der Waals surface area contributed by atoms with E-state index >= 15 is 0 Å². The minimum absolute atomic E-state index is 0.162. The highest BCUT2D eigenvalue weighted by molar-refractivity contribution is 7.21. The quantitative estimate of drug-likeness (QED) is 0.195. The lowest BCUT2D eigenvalue weighted by molar-refractivity contribution is -0.128. The van der Waals surface area contributed by atoms with Crippen LogP contribution in [0, 0.1) is 6.92 Å². The van der Waals surface area contributed by atoms with Crippen molar-refractivity contribution in [3.63, 3.8) is 0 Å². The second-order valence-electron chi connectivity index (χ2n) is 7.17. The highest BCUT2D eigenvalue weighted by Crippen LogP contribution is 2.32. The van der Waals surface area contributed by atoms with Gasteiger partial charge in [-0.2, -0.15) is 0 Å². The zero-order chi connectivity index (χ0) is 22.1. The van der Waals surface area contributed by atoms with Crippen molar-refractivity contribution in [2.75, 3.05) is 0 Å². The molecule has 0 bridgehead atoms. The molecule has 2 heterocycles. The Morgan fingerprint density at radius 1 is 1.03 bits per heavy atom. The first kappa shape index (κ1) is 19.9. The predicted octanol–water partition coefficient (Wildman–Crippen LogP) is 6.00. The van der Waals surface area contributed by atoms with Gasteiger partial charge in [0.15, 0.2) is 0 Å². The minimum atomic E-state index is -0.515. The normalized spacial score (nSPS) is 11.4. The number of thiazole rings is 1. The molecular weight excluding hydrogens is 422 g/mol. The van der Waals surface area contributed by atoms with Crippen LogP contribution in [0.15, 0.2) is 88.1 Å². The topological polar surface area (TPSA) is 69.4 Å². The van der Waals surface area contributed by atoms with Crippen molar-refractivity contribution in [2.45, 2.75) is 6.92 Å². The van der Waals surface area contributed by atoms with Gasteiger partial charge in [0.25, 0.3) is 0 Å². The van der Waals surface area contributed by atoms with Crippen LogP contribution in [0.1, 0.15) is 11.3 Å². The Kier molecular flexibility index (Phi) is 5.13. The van der Waals surface area contributed by atoms with Gasteiger partial charge in [0.05, 0.1) is 21.2 Å². The van der Waals surface area contributed by atoms with Crippen molar-refractivity contribution >= 4 is 44.6 Å². The van der Waals surface area contributed by atoms with Crippen molar-refractivity contribution in [2.24, 2.45) is 0 Å². The molecule has 156 valence electrons. The molecule has 2 aromatic heterocycles. The minimum Gasteiger partial charge on any atom is -0.460 e. The van der Waals surface area contributed by atoms with Gasteiger partial charge in [0.2, 0.25) is 5.43 Å². The van der Waals surface area contributed by atoms with Gasteiger partial charge in [-0.1, -0.05) is 42.5 Å². The van der Waals surface area contributed by atoms with E-state index in [0.29, 0.717) is 33.1 Å². The van der Waals surface area contributed by atoms with Crippen LogP contribution in [0.2, 0.25) is 0 Å². The van der Waals surface area contributed by atoms with Gasteiger partial charge in [-0.3, -0.25) is 4.79 Å². The number of carbonyl (C=O) groups is 1. The maximum Gasteiger partial charge on any atom is 0.336 e. The number of hydrogen-bond donors (Lipinski definition) is 0. The van der Waals surface area contributed by atoms with Gasteiger partial charge < -0.3 is 9.15 Å². The summed E-state index contributed by atoms with van der Waals surface area (Å²) in [4.78, 5) is 30.0. The third kappa shape index (κ3) is 3.84. The molecule has 0 spiro atoms. The average molecular weight is 439 g/mol. The zero-order valence-electron chi connectivity index (χ0n) is 17.1. The number of hydrogen-bond acceptors (Lipinski definition) is 6. The SMILES string of the molecule is Cc1oc2cc(OC(=O)C=Cc3ccccc3)ccc2c(=O)c1-c1nc2ccccc2s1. The summed E-state index contributed by atoms with van der Waals surface area (Å²) in [6.07, 6.45) is 3.04. The molecule has 5 aromatic rings. The van der Waals surface area contributed by atoms with Crippen LogP contribution >= 0.6 is 11.3 Å². The van der Waals surface area contributed by atoms with E-state index < -0.39 is 5.97 Å². The standard InChI is InChI=1S/C26H17NO4S/c1-16-24(26-27-20-9-5-6-10-22(20)32-26)25(29)19-13-12-18(15-21(19)30-16)31-23(28)14-11-17-7-3-2-4-8-17/h2-15H,1H3. The maximum atomic E-state index is 13.2. The first-order chi connectivity index (χ1) is 15.6. The van der Waals surface area contributed by atoms with Gasteiger partial charge in [0, 0.05) is 12.1 Å². The molecule has 0 N–H and O–H groups in total. The molecule has 0 saturated heterocycles. The fraction of sp³-hybridized carbons (Fsp3) is 0.0385. The first-order valence-electron chi connectivity index (χ1n) is 9.97. The molecule has 5 rings (SSSR count). The molecule has 3 aromatic carbocycles. The van der Waals surface area contributed by atoms with Crippen molar-refractivity contribution in [3.8, 4) is 16.3 Å². The number of fused-ring (bicyclic) bond motifs is 2. The Bertz CT molecular complexity index is 1510. The third-order valence-electron chi connectivity index (χ3n) is 4.98. The Morgan fingerprint density at radius 2 is 1.81 bits per heavy atom. The molecular formula is C26H17NO4S. The number of rotatable bonds is 4. The summed E-state index contributed by atoms with van der Waals surface area (Å²) in [6, 6.07) is 22.0. The number of benzene rings is 3. The monoisotopic (exact) mass is 439 g/mol. The Morgan fingerprint density at radius 3 is 2.62 bits per heavy atom. The van der Waals surface area contributed by atoms with Crippen LogP contribution in [0.3, 0.4) is 0 Å². The molecule has 0 radical (unpaired) electrons. The summed E-state index contributed by atoms with van der Waals surface area (Å²) in [6.45, 7) is 1.74. The lowest BCUT2D eigenvalue weighted by atomic mass is 10.1. The smallest absolute Gasteiger partial charge is 0.336 e. The van der Waals surface area contributed by atoms with Gasteiger partial charge in [0.1, 0.15) is 22.1 Å². The number of aryl methyl sites for hydroxylation is 1. The summed E-state index contributed by atoms with van der Waals surface area (Å²) < 4.78 is 12.3. The average Bonchev–Trinajstić information content (AvgIpc) is 3.22. The summed E-state index contributed by atoms with van der Waals surface area (Å²) in [5, 5.41) is 1.03. The molecule has 6 heteroatoms. The van der Waals surface area contributed by atoms with Crippen molar-refractivity contribution in [3.05, 3.63) is 100 Å². The van der Waals surface area contributed by atoms with Gasteiger partial charge >= 0.3 is 5.97 Å². The number of esters is 1. The van der Waals surface area contributed by atoms with E-state index in [9.17, 15) is 9.59 Å². The molecule has 0 aliphatic heterocycles. The van der Waals surface area contributed by atoms with E-state index in [1.54, 1.807) is 31.2 Å². The largest absolute Gasteiger partial charge is 0.460 e. The Labute approximate surface area is 187 Å². The lowest BCUT2D eigenvalue weighted by Gasteiger charge is -2.06. The van der Waals surface area contributed by atoms with Crippen molar-refractivity contribution < 1.29 is 13.9 Å². The fourth-order valence-electron chi connectivity index (χ4n) is 3.45. The van der Waals surface area contributed by atoms with Crippen LogP contribution in [0.5, 0.6) is 5.75 Å². The van der Waals surface area contributed by atoms with E-state index in [-0.39, 0.29) is 5.43 Å². The molecule has 0 aliphatic rings. The molecule has 0 amide bonds. The van der Waals surface area contributed by atoms with E-state index in [0.717, 1.165) is 15.8 Å². The van der Waals surface area contributed by atoms with Crippen LogP contribution in [0.4, 0.5) is 0 Å². The van der Waals surface area contributed by atoms with E-state index in [1.807, 2.05) is 54.6 Å². The molecule has 0 saturated carbocycles. The summed E-state index contributed by atoms with van der Waals surface area (Å²) >= 11 is 1.45. The molecule has 0 aliphatic carbocycles. The number of nitrogens with zero attached hydrogens (tertiary/aromatic N) is 1. The van der Waals surface area contributed by atoms with Crippen LogP contribution in [-0.2, 0) is 4.79 Å². The summed E-state index contributed by atoms with van der Waals surface area (Å²) in [7, 11) is 0. The van der Waals surface area contributed by atoms with Crippen molar-refractivity contribution in [1.82, 2.24) is 4.98 Å². The summed E-state index contributed by atoms with van der Waals surface area (Å²) in [5.74, 6) is 0.253.